The van der Waals surface area contributed by atoms with Crippen molar-refractivity contribution in [3.63, 3.8) is 0 Å². The minimum Gasteiger partial charge on any atom is -0.456 e. The summed E-state index contributed by atoms with van der Waals surface area (Å²) >= 11 is 0. The Bertz CT molecular complexity index is 2800. The summed E-state index contributed by atoms with van der Waals surface area (Å²) in [5.41, 5.74) is 16.9. The molecule has 0 atom stereocenters. The molecule has 2 heterocycles. The lowest BCUT2D eigenvalue weighted by molar-refractivity contribution is 0.669. The van der Waals surface area contributed by atoms with E-state index in [1.54, 1.807) is 0 Å². The fourth-order valence-corrected chi connectivity index (χ4v) is 8.32. The fourth-order valence-electron chi connectivity index (χ4n) is 8.32. The minimum absolute atomic E-state index is 0.824. The fraction of sp³-hybridized carbons (Fsp3) is 0.0488. The van der Waals surface area contributed by atoms with Crippen LogP contribution in [0.4, 0.5) is 0 Å². The van der Waals surface area contributed by atoms with Gasteiger partial charge in [0.05, 0.1) is 16.7 Å². The highest BCUT2D eigenvalue weighted by Gasteiger charge is 2.24. The Balaban J connectivity index is 1.51. The molecule has 7 aromatic carbocycles. The zero-order valence-corrected chi connectivity index (χ0v) is 28.9. The van der Waals surface area contributed by atoms with E-state index < -0.39 is 0 Å². The van der Waals surface area contributed by atoms with Crippen LogP contribution in [0.5, 0.6) is 0 Å². The number of para-hydroxylation sites is 3. The number of benzene rings is 7. The number of imidazole rings is 1. The molecule has 8 heteroatoms. The number of hydrogen-bond acceptors (Lipinski definition) is 2. The standard InChI is InChI=1S/C41H33B5N2O/c1-2-32-47-28-14-6-7-15-29(28)48(32)41-23-11-4-3-10-22(23)34(26-13-9-17-31-35(26)25-12-5-8-16-30(25)49-31)27-20-21(18-19-24(27)41)33-36(42)38(44)40(46)39(45)37(33)43/h3-20H,2,42-46H2,1H3. The van der Waals surface area contributed by atoms with Gasteiger partial charge in [-0.15, -0.1) is 16.4 Å². The monoisotopic (exact) mass is 624 g/mol. The Morgan fingerprint density at radius 1 is 0.571 bits per heavy atom. The summed E-state index contributed by atoms with van der Waals surface area (Å²) in [6.07, 6.45) is 0.824. The van der Waals surface area contributed by atoms with Crippen molar-refractivity contribution < 1.29 is 4.42 Å². The third-order valence-electron chi connectivity index (χ3n) is 11.1. The van der Waals surface area contributed by atoms with E-state index in [1.807, 2.05) is 6.07 Å². The first kappa shape index (κ1) is 29.8. The minimum atomic E-state index is 0.824. The number of aryl methyl sites for hydroxylation is 1. The van der Waals surface area contributed by atoms with Gasteiger partial charge in [-0.05, 0) is 63.4 Å². The molecule has 0 unspecified atom stereocenters. The summed E-state index contributed by atoms with van der Waals surface area (Å²) in [5, 5.41) is 7.13. The van der Waals surface area contributed by atoms with Crippen molar-refractivity contribution in [1.29, 1.82) is 0 Å². The van der Waals surface area contributed by atoms with Gasteiger partial charge in [-0.2, -0.15) is 0 Å². The van der Waals surface area contributed by atoms with E-state index in [2.05, 4.69) is 154 Å². The highest BCUT2D eigenvalue weighted by atomic mass is 16.3. The Hall–Kier alpha value is -5.35. The highest BCUT2D eigenvalue weighted by molar-refractivity contribution is 6.68. The molecule has 0 radical (unpaired) electrons. The van der Waals surface area contributed by atoms with Gasteiger partial charge in [0.1, 0.15) is 56.2 Å². The Morgan fingerprint density at radius 3 is 1.98 bits per heavy atom. The average molecular weight is 624 g/mol. The number of furan rings is 1. The quantitative estimate of drug-likeness (QED) is 0.223. The second kappa shape index (κ2) is 11.1. The number of aromatic nitrogens is 2. The average Bonchev–Trinajstić information content (AvgIpc) is 3.71. The number of hydrogen-bond donors (Lipinski definition) is 0. The van der Waals surface area contributed by atoms with E-state index in [0.717, 1.165) is 45.2 Å². The van der Waals surface area contributed by atoms with Crippen molar-refractivity contribution in [3.05, 3.63) is 115 Å². The molecule has 0 N–H and O–H groups in total. The van der Waals surface area contributed by atoms with Crippen LogP contribution in [0, 0.1) is 0 Å². The smallest absolute Gasteiger partial charge is 0.139 e. The molecule has 9 aromatic rings. The first-order valence-electron chi connectivity index (χ1n) is 17.3. The van der Waals surface area contributed by atoms with Crippen molar-refractivity contribution in [3.8, 4) is 27.9 Å². The first-order chi connectivity index (χ1) is 23.9. The molecule has 0 spiro atoms. The van der Waals surface area contributed by atoms with Crippen LogP contribution >= 0.6 is 0 Å². The van der Waals surface area contributed by atoms with Gasteiger partial charge in [0, 0.05) is 28.0 Å². The Morgan fingerprint density at radius 2 is 1.20 bits per heavy atom. The maximum Gasteiger partial charge on any atom is 0.139 e. The van der Waals surface area contributed by atoms with E-state index >= 15 is 0 Å². The van der Waals surface area contributed by atoms with E-state index in [0.29, 0.717) is 0 Å². The largest absolute Gasteiger partial charge is 0.456 e. The van der Waals surface area contributed by atoms with E-state index in [4.69, 9.17) is 9.40 Å². The van der Waals surface area contributed by atoms with Gasteiger partial charge in [-0.1, -0.05) is 96.7 Å². The Kier molecular flexibility index (Phi) is 6.74. The topological polar surface area (TPSA) is 31.0 Å². The summed E-state index contributed by atoms with van der Waals surface area (Å²) in [7, 11) is 11.3. The lowest BCUT2D eigenvalue weighted by atomic mass is 9.59. The van der Waals surface area contributed by atoms with Crippen LogP contribution in [0.15, 0.2) is 114 Å². The second-order valence-corrected chi connectivity index (χ2v) is 13.5. The first-order valence-corrected chi connectivity index (χ1v) is 17.3. The normalized spacial score (nSPS) is 11.9. The molecule has 0 bridgehead atoms. The predicted octanol–water partition coefficient (Wildman–Crippen LogP) is 2.42. The summed E-state index contributed by atoms with van der Waals surface area (Å²) in [6.45, 7) is 2.20. The van der Waals surface area contributed by atoms with Crippen LogP contribution < -0.4 is 27.3 Å². The molecule has 228 valence electrons. The van der Waals surface area contributed by atoms with Gasteiger partial charge in [-0.3, -0.25) is 4.57 Å². The van der Waals surface area contributed by atoms with Crippen molar-refractivity contribution in [1.82, 2.24) is 9.55 Å². The third kappa shape index (κ3) is 4.26. The molecule has 0 aliphatic carbocycles. The molecular formula is C41H33B5N2O. The summed E-state index contributed by atoms with van der Waals surface area (Å²) in [5.74, 6) is 1.06. The van der Waals surface area contributed by atoms with Crippen LogP contribution in [0.2, 0.25) is 0 Å². The molecule has 9 rings (SSSR count). The van der Waals surface area contributed by atoms with Crippen LogP contribution in [-0.2, 0) is 6.42 Å². The van der Waals surface area contributed by atoms with Crippen LogP contribution in [0.3, 0.4) is 0 Å². The SMILES string of the molecule is Bc1c(B)c(B)c(-c2ccc3c(-n4c(CC)nc5ccccc54)c4ccccc4c(-c4cccc5oc6ccccc6c45)c3c2)c(B)c1B. The molecule has 3 nitrogen and oxygen atoms in total. The van der Waals surface area contributed by atoms with Gasteiger partial charge in [0.15, 0.2) is 0 Å². The van der Waals surface area contributed by atoms with E-state index in [9.17, 15) is 0 Å². The van der Waals surface area contributed by atoms with Crippen molar-refractivity contribution in [2.24, 2.45) is 0 Å². The lowest BCUT2D eigenvalue weighted by Crippen LogP contribution is -2.55. The molecule has 2 aromatic heterocycles. The van der Waals surface area contributed by atoms with Gasteiger partial charge in [0.2, 0.25) is 0 Å². The van der Waals surface area contributed by atoms with Crippen LogP contribution in [-0.4, -0.2) is 48.8 Å². The van der Waals surface area contributed by atoms with Crippen molar-refractivity contribution in [2.45, 2.75) is 13.3 Å². The summed E-state index contributed by atoms with van der Waals surface area (Å²) in [4.78, 5) is 5.14. The highest BCUT2D eigenvalue weighted by Crippen LogP contribution is 2.46. The summed E-state index contributed by atoms with van der Waals surface area (Å²) < 4.78 is 8.86. The molecule has 0 aliphatic rings. The maximum absolute atomic E-state index is 6.45. The van der Waals surface area contributed by atoms with E-state index in [-0.39, 0.29) is 0 Å². The van der Waals surface area contributed by atoms with Crippen molar-refractivity contribution >= 4 is 121 Å². The summed E-state index contributed by atoms with van der Waals surface area (Å²) in [6, 6.07) is 39.5. The zero-order valence-electron chi connectivity index (χ0n) is 28.9. The molecule has 0 saturated carbocycles. The number of fused-ring (bicyclic) bond motifs is 6. The van der Waals surface area contributed by atoms with Gasteiger partial charge < -0.3 is 4.42 Å². The second-order valence-electron chi connectivity index (χ2n) is 13.5. The number of nitrogens with zero attached hydrogens (tertiary/aromatic N) is 2. The molecule has 0 fully saturated rings. The molecule has 0 aliphatic heterocycles. The van der Waals surface area contributed by atoms with Gasteiger partial charge in [-0.25, -0.2) is 4.98 Å². The lowest BCUT2D eigenvalue weighted by Gasteiger charge is -2.23. The van der Waals surface area contributed by atoms with Gasteiger partial charge in [0.25, 0.3) is 0 Å². The Labute approximate surface area is 290 Å². The maximum atomic E-state index is 6.45. The number of rotatable bonds is 4. The molecule has 0 amide bonds. The third-order valence-corrected chi connectivity index (χ3v) is 11.1. The van der Waals surface area contributed by atoms with Crippen molar-refractivity contribution in [2.75, 3.05) is 0 Å². The predicted molar refractivity (Wildman–Crippen MR) is 224 cm³/mol. The van der Waals surface area contributed by atoms with E-state index in [1.165, 1.54) is 76.8 Å². The molecular weight excluding hydrogens is 591 g/mol. The van der Waals surface area contributed by atoms with Crippen LogP contribution in [0.1, 0.15) is 12.7 Å². The van der Waals surface area contributed by atoms with Gasteiger partial charge >= 0.3 is 0 Å². The molecule has 49 heavy (non-hydrogen) atoms. The zero-order chi connectivity index (χ0) is 33.6. The van der Waals surface area contributed by atoms with Crippen LogP contribution in [0.25, 0.3) is 82.5 Å². The molecule has 0 saturated heterocycles.